The van der Waals surface area contributed by atoms with Gasteiger partial charge in [0.2, 0.25) is 0 Å². The average molecular weight is 303 g/mol. The second-order valence-corrected chi connectivity index (χ2v) is 5.59. The van der Waals surface area contributed by atoms with Gasteiger partial charge in [0.1, 0.15) is 5.54 Å². The summed E-state index contributed by atoms with van der Waals surface area (Å²) in [6, 6.07) is 5.18. The van der Waals surface area contributed by atoms with Crippen molar-refractivity contribution in [1.82, 2.24) is 5.32 Å². The first-order valence-corrected chi connectivity index (χ1v) is 6.93. The Morgan fingerprint density at radius 2 is 1.90 bits per heavy atom. The Labute approximate surface area is 122 Å². The molecule has 0 unspecified atom stereocenters. The van der Waals surface area contributed by atoms with Gasteiger partial charge in [-0.05, 0) is 44.4 Å². The maximum absolute atomic E-state index is 12.8. The standard InChI is InChI=1S/C15H20F3NO2/c1-10(2)21-12-5-4-11(8-13(12)20-3)9-19-14(6-7-14)15(16,17)18/h4-5,8,10,19H,6-7,9H2,1-3H3. The zero-order chi connectivity index (χ0) is 15.7. The SMILES string of the molecule is COc1cc(CNC2(C(F)(F)F)CC2)ccc1OC(C)C. The number of halogens is 3. The summed E-state index contributed by atoms with van der Waals surface area (Å²) in [4.78, 5) is 0. The Hall–Kier alpha value is -1.43. The molecule has 0 radical (unpaired) electrons. The molecule has 1 fully saturated rings. The predicted molar refractivity (Wildman–Crippen MR) is 73.6 cm³/mol. The quantitative estimate of drug-likeness (QED) is 0.870. The van der Waals surface area contributed by atoms with Crippen molar-refractivity contribution in [3.05, 3.63) is 23.8 Å². The Morgan fingerprint density at radius 1 is 1.24 bits per heavy atom. The first-order valence-electron chi connectivity index (χ1n) is 6.93. The summed E-state index contributed by atoms with van der Waals surface area (Å²) in [6.07, 6.45) is -3.91. The molecule has 1 aromatic rings. The van der Waals surface area contributed by atoms with Crippen LogP contribution < -0.4 is 14.8 Å². The van der Waals surface area contributed by atoms with E-state index >= 15 is 0 Å². The van der Waals surface area contributed by atoms with Crippen molar-refractivity contribution >= 4 is 0 Å². The molecule has 118 valence electrons. The zero-order valence-electron chi connectivity index (χ0n) is 12.4. The van der Waals surface area contributed by atoms with Crippen LogP contribution in [0.25, 0.3) is 0 Å². The molecule has 1 N–H and O–H groups in total. The maximum atomic E-state index is 12.8. The predicted octanol–water partition coefficient (Wildman–Crippen LogP) is 3.67. The molecule has 0 heterocycles. The van der Waals surface area contributed by atoms with Crippen LogP contribution in [0.2, 0.25) is 0 Å². The number of benzene rings is 1. The molecule has 0 aliphatic heterocycles. The molecular formula is C15H20F3NO2. The minimum atomic E-state index is -4.20. The van der Waals surface area contributed by atoms with E-state index in [0.717, 1.165) is 5.56 Å². The highest BCUT2D eigenvalue weighted by atomic mass is 19.4. The number of alkyl halides is 3. The third kappa shape index (κ3) is 3.61. The number of nitrogens with one attached hydrogen (secondary N) is 1. The molecule has 0 bridgehead atoms. The fourth-order valence-electron chi connectivity index (χ4n) is 2.13. The molecule has 21 heavy (non-hydrogen) atoms. The lowest BCUT2D eigenvalue weighted by atomic mass is 10.1. The van der Waals surface area contributed by atoms with Crippen molar-refractivity contribution in [1.29, 1.82) is 0 Å². The second-order valence-electron chi connectivity index (χ2n) is 5.59. The first-order chi connectivity index (χ1) is 9.77. The van der Waals surface area contributed by atoms with Crippen LogP contribution in [0.15, 0.2) is 18.2 Å². The van der Waals surface area contributed by atoms with Crippen LogP contribution in [-0.4, -0.2) is 24.9 Å². The summed E-state index contributed by atoms with van der Waals surface area (Å²) in [5.74, 6) is 1.12. The van der Waals surface area contributed by atoms with E-state index in [4.69, 9.17) is 9.47 Å². The number of hydrogen-bond donors (Lipinski definition) is 1. The van der Waals surface area contributed by atoms with E-state index in [1.54, 1.807) is 18.2 Å². The van der Waals surface area contributed by atoms with Gasteiger partial charge in [0.25, 0.3) is 0 Å². The normalized spacial score (nSPS) is 16.9. The molecule has 0 atom stereocenters. The monoisotopic (exact) mass is 303 g/mol. The van der Waals surface area contributed by atoms with Gasteiger partial charge in [-0.3, -0.25) is 5.32 Å². The van der Waals surface area contributed by atoms with Gasteiger partial charge >= 0.3 is 6.18 Å². The lowest BCUT2D eigenvalue weighted by Gasteiger charge is -2.21. The molecule has 1 saturated carbocycles. The largest absolute Gasteiger partial charge is 0.493 e. The van der Waals surface area contributed by atoms with Gasteiger partial charge < -0.3 is 9.47 Å². The highest BCUT2D eigenvalue weighted by Crippen LogP contribution is 2.49. The molecule has 1 aliphatic rings. The molecule has 0 aromatic heterocycles. The van der Waals surface area contributed by atoms with E-state index in [1.807, 2.05) is 13.8 Å². The van der Waals surface area contributed by atoms with Crippen LogP contribution in [0.3, 0.4) is 0 Å². The molecule has 0 saturated heterocycles. The third-order valence-corrected chi connectivity index (χ3v) is 3.51. The summed E-state index contributed by atoms with van der Waals surface area (Å²) >= 11 is 0. The number of ether oxygens (including phenoxy) is 2. The second kappa shape index (κ2) is 5.75. The van der Waals surface area contributed by atoms with Gasteiger partial charge in [-0.2, -0.15) is 13.2 Å². The summed E-state index contributed by atoms with van der Waals surface area (Å²) in [7, 11) is 1.51. The third-order valence-electron chi connectivity index (χ3n) is 3.51. The molecule has 2 rings (SSSR count). The molecule has 6 heteroatoms. The van der Waals surface area contributed by atoms with Gasteiger partial charge in [-0.25, -0.2) is 0 Å². The zero-order valence-corrected chi connectivity index (χ0v) is 12.4. The molecule has 3 nitrogen and oxygen atoms in total. The highest BCUT2D eigenvalue weighted by Gasteiger charge is 2.62. The van der Waals surface area contributed by atoms with Crippen LogP contribution >= 0.6 is 0 Å². The van der Waals surface area contributed by atoms with Crippen molar-refractivity contribution in [3.63, 3.8) is 0 Å². The Bertz CT molecular complexity index is 496. The molecule has 1 aliphatic carbocycles. The maximum Gasteiger partial charge on any atom is 0.406 e. The van der Waals surface area contributed by atoms with Crippen molar-refractivity contribution in [2.45, 2.75) is 51.1 Å². The molecule has 0 spiro atoms. The topological polar surface area (TPSA) is 30.5 Å². The summed E-state index contributed by atoms with van der Waals surface area (Å²) < 4.78 is 49.3. The van der Waals surface area contributed by atoms with Crippen molar-refractivity contribution in [2.24, 2.45) is 0 Å². The Kier molecular flexibility index (Phi) is 4.37. The van der Waals surface area contributed by atoms with Crippen LogP contribution in [0.1, 0.15) is 32.3 Å². The number of methoxy groups -OCH3 is 1. The Balaban J connectivity index is 2.05. The highest BCUT2D eigenvalue weighted by molar-refractivity contribution is 5.43. The van der Waals surface area contributed by atoms with Crippen molar-refractivity contribution in [2.75, 3.05) is 7.11 Å². The Morgan fingerprint density at radius 3 is 2.38 bits per heavy atom. The van der Waals surface area contributed by atoms with Gasteiger partial charge in [-0.15, -0.1) is 0 Å². The number of rotatable bonds is 6. The van der Waals surface area contributed by atoms with E-state index in [1.165, 1.54) is 7.11 Å². The van der Waals surface area contributed by atoms with Gasteiger partial charge in [-0.1, -0.05) is 6.07 Å². The van der Waals surface area contributed by atoms with E-state index in [2.05, 4.69) is 5.32 Å². The van der Waals surface area contributed by atoms with Crippen LogP contribution in [-0.2, 0) is 6.54 Å². The lowest BCUT2D eigenvalue weighted by Crippen LogP contribution is -2.44. The molecular weight excluding hydrogens is 283 g/mol. The average Bonchev–Trinajstić information content (AvgIpc) is 3.17. The van der Waals surface area contributed by atoms with Gasteiger partial charge in [0.05, 0.1) is 13.2 Å². The lowest BCUT2D eigenvalue weighted by molar-refractivity contribution is -0.166. The van der Waals surface area contributed by atoms with E-state index in [-0.39, 0.29) is 25.5 Å². The fourth-order valence-corrected chi connectivity index (χ4v) is 2.13. The van der Waals surface area contributed by atoms with Crippen LogP contribution in [0.5, 0.6) is 11.5 Å². The number of hydrogen-bond acceptors (Lipinski definition) is 3. The summed E-state index contributed by atoms with van der Waals surface area (Å²) in [6.45, 7) is 3.95. The van der Waals surface area contributed by atoms with Crippen LogP contribution in [0.4, 0.5) is 13.2 Å². The molecule has 0 amide bonds. The summed E-state index contributed by atoms with van der Waals surface area (Å²) in [5.41, 5.74) is -0.966. The smallest absolute Gasteiger partial charge is 0.406 e. The van der Waals surface area contributed by atoms with Crippen molar-refractivity contribution < 1.29 is 22.6 Å². The van der Waals surface area contributed by atoms with Gasteiger partial charge in [0, 0.05) is 6.54 Å². The molecule has 1 aromatic carbocycles. The van der Waals surface area contributed by atoms with E-state index in [9.17, 15) is 13.2 Å². The van der Waals surface area contributed by atoms with Gasteiger partial charge in [0.15, 0.2) is 11.5 Å². The summed E-state index contributed by atoms with van der Waals surface area (Å²) in [5, 5.41) is 2.62. The first kappa shape index (κ1) is 15.9. The van der Waals surface area contributed by atoms with Crippen molar-refractivity contribution in [3.8, 4) is 11.5 Å². The minimum absolute atomic E-state index is 0.00263. The van der Waals surface area contributed by atoms with E-state index in [0.29, 0.717) is 11.5 Å². The van der Waals surface area contributed by atoms with Crippen LogP contribution in [0, 0.1) is 0 Å². The minimum Gasteiger partial charge on any atom is -0.493 e. The van der Waals surface area contributed by atoms with E-state index < -0.39 is 11.7 Å². The fraction of sp³-hybridized carbons (Fsp3) is 0.600.